The molecule has 0 spiro atoms. The van der Waals surface area contributed by atoms with Gasteiger partial charge in [-0.05, 0) is 48.2 Å². The van der Waals surface area contributed by atoms with Crippen molar-refractivity contribution in [1.82, 2.24) is 14.2 Å². The Balaban J connectivity index is 1.50. The third-order valence-electron chi connectivity index (χ3n) is 6.17. The van der Waals surface area contributed by atoms with E-state index in [-0.39, 0.29) is 16.4 Å². The van der Waals surface area contributed by atoms with Gasteiger partial charge in [-0.1, -0.05) is 30.3 Å². The van der Waals surface area contributed by atoms with E-state index in [2.05, 4.69) is 10.2 Å². The molecule has 0 atom stereocenters. The summed E-state index contributed by atoms with van der Waals surface area (Å²) in [4.78, 5) is 27.3. The highest BCUT2D eigenvalue weighted by Gasteiger charge is 2.24. The van der Waals surface area contributed by atoms with E-state index in [9.17, 15) is 18.0 Å². The number of nitrogens with one attached hydrogen (secondary N) is 1. The van der Waals surface area contributed by atoms with E-state index in [1.807, 2.05) is 30.3 Å². The van der Waals surface area contributed by atoms with Crippen molar-refractivity contribution in [3.05, 3.63) is 93.9 Å². The summed E-state index contributed by atoms with van der Waals surface area (Å²) in [7, 11) is -0.716. The number of hydrogen-bond donors (Lipinski definition) is 1. The van der Waals surface area contributed by atoms with Gasteiger partial charge in [-0.3, -0.25) is 9.59 Å². The second kappa shape index (κ2) is 10.5. The third-order valence-corrected chi connectivity index (χ3v) is 7.98. The molecule has 1 aliphatic rings. The molecular formula is C26H30N4O4S. The quantitative estimate of drug-likeness (QED) is 0.520. The normalized spacial score (nSPS) is 13.9. The number of anilines is 1. The molecule has 3 aromatic rings. The van der Waals surface area contributed by atoms with E-state index in [1.54, 1.807) is 29.0 Å². The van der Waals surface area contributed by atoms with Crippen molar-refractivity contribution in [2.75, 3.05) is 32.1 Å². The summed E-state index contributed by atoms with van der Waals surface area (Å²) in [6.45, 7) is 2.45. The Labute approximate surface area is 205 Å². The molecule has 2 heterocycles. The van der Waals surface area contributed by atoms with Gasteiger partial charge in [-0.15, -0.1) is 0 Å². The Morgan fingerprint density at radius 2 is 1.66 bits per heavy atom. The van der Waals surface area contributed by atoms with Crippen LogP contribution >= 0.6 is 0 Å². The summed E-state index contributed by atoms with van der Waals surface area (Å²) in [5, 5.41) is 2.94. The summed E-state index contributed by atoms with van der Waals surface area (Å²) in [5.41, 5.74) is 2.93. The van der Waals surface area contributed by atoms with Crippen LogP contribution in [0.1, 0.15) is 34.3 Å². The number of carbonyl (C=O) groups excluding carboxylic acids is 1. The van der Waals surface area contributed by atoms with Crippen LogP contribution < -0.4 is 15.8 Å². The second-order valence-corrected chi connectivity index (χ2v) is 11.0. The molecule has 1 N–H and O–H groups in total. The maximum absolute atomic E-state index is 13.2. The molecule has 35 heavy (non-hydrogen) atoms. The van der Waals surface area contributed by atoms with E-state index in [1.165, 1.54) is 26.2 Å². The average molecular weight is 495 g/mol. The largest absolute Gasteiger partial charge is 0.371 e. The fraction of sp³-hybridized carbons (Fsp3) is 0.308. The number of carbonyl (C=O) groups is 1. The number of sulfonamides is 1. The van der Waals surface area contributed by atoms with Crippen molar-refractivity contribution in [2.45, 2.75) is 30.8 Å². The zero-order valence-corrected chi connectivity index (χ0v) is 20.8. The first-order valence-electron chi connectivity index (χ1n) is 11.6. The fourth-order valence-corrected chi connectivity index (χ4v) is 5.06. The van der Waals surface area contributed by atoms with Crippen LogP contribution in [0.25, 0.3) is 0 Å². The van der Waals surface area contributed by atoms with E-state index < -0.39 is 10.0 Å². The minimum absolute atomic E-state index is 0.0591. The van der Waals surface area contributed by atoms with Crippen LogP contribution in [-0.4, -0.2) is 50.4 Å². The zero-order chi connectivity index (χ0) is 25.0. The number of pyridine rings is 1. The van der Waals surface area contributed by atoms with E-state index in [0.29, 0.717) is 18.7 Å². The molecule has 1 saturated heterocycles. The Morgan fingerprint density at radius 3 is 2.31 bits per heavy atom. The zero-order valence-electron chi connectivity index (χ0n) is 20.0. The van der Waals surface area contributed by atoms with Gasteiger partial charge in [0.1, 0.15) is 0 Å². The number of aromatic nitrogens is 1. The van der Waals surface area contributed by atoms with Gasteiger partial charge in [0.15, 0.2) is 0 Å². The van der Waals surface area contributed by atoms with Gasteiger partial charge in [-0.25, -0.2) is 12.7 Å². The monoisotopic (exact) mass is 494 g/mol. The number of hydrogen-bond acceptors (Lipinski definition) is 5. The van der Waals surface area contributed by atoms with E-state index >= 15 is 0 Å². The minimum atomic E-state index is -3.66. The lowest BCUT2D eigenvalue weighted by atomic mass is 10.1. The molecule has 9 heteroatoms. The van der Waals surface area contributed by atoms with Crippen molar-refractivity contribution in [1.29, 1.82) is 0 Å². The lowest BCUT2D eigenvalue weighted by Crippen LogP contribution is -2.28. The van der Waals surface area contributed by atoms with E-state index in [4.69, 9.17) is 0 Å². The van der Waals surface area contributed by atoms with Gasteiger partial charge >= 0.3 is 0 Å². The number of rotatable bonds is 8. The Morgan fingerprint density at radius 1 is 0.971 bits per heavy atom. The maximum atomic E-state index is 13.2. The van der Waals surface area contributed by atoms with Crippen molar-refractivity contribution in [2.24, 2.45) is 0 Å². The molecule has 1 fully saturated rings. The lowest BCUT2D eigenvalue weighted by molar-refractivity contribution is 0.0951. The molecule has 0 aliphatic carbocycles. The second-order valence-electron chi connectivity index (χ2n) is 8.83. The van der Waals surface area contributed by atoms with Crippen LogP contribution in [0.5, 0.6) is 0 Å². The van der Waals surface area contributed by atoms with Gasteiger partial charge in [0.2, 0.25) is 10.0 Å². The van der Waals surface area contributed by atoms with Crippen LogP contribution in [0.2, 0.25) is 0 Å². The van der Waals surface area contributed by atoms with Gasteiger partial charge in [0.05, 0.1) is 17.0 Å². The highest BCUT2D eigenvalue weighted by molar-refractivity contribution is 7.89. The number of benzene rings is 2. The molecule has 0 bridgehead atoms. The van der Waals surface area contributed by atoms with Gasteiger partial charge in [0.25, 0.3) is 11.5 Å². The number of amides is 1. The lowest BCUT2D eigenvalue weighted by Gasteiger charge is -2.22. The standard InChI is InChI=1S/C26H30N4O4S/c1-28(2)35(33,34)22-12-13-24(29-14-5-6-15-29)23(17-22)26(32)27-18-20-8-10-21(11-9-20)19-30-16-4-3-7-25(30)31/h3-4,7-13,16-17H,5-6,14-15,18-19H2,1-2H3,(H,27,32). The van der Waals surface area contributed by atoms with Gasteiger partial charge in [-0.2, -0.15) is 0 Å². The topological polar surface area (TPSA) is 91.7 Å². The summed E-state index contributed by atoms with van der Waals surface area (Å²) < 4.78 is 28.1. The molecule has 0 radical (unpaired) electrons. The third kappa shape index (κ3) is 5.63. The van der Waals surface area contributed by atoms with Crippen molar-refractivity contribution in [3.8, 4) is 0 Å². The average Bonchev–Trinajstić information content (AvgIpc) is 3.39. The molecule has 1 aliphatic heterocycles. The van der Waals surface area contributed by atoms with Crippen LogP contribution in [0, 0.1) is 0 Å². The first kappa shape index (κ1) is 24.7. The van der Waals surface area contributed by atoms with Crippen LogP contribution in [0.15, 0.2) is 76.6 Å². The van der Waals surface area contributed by atoms with Crippen LogP contribution in [0.3, 0.4) is 0 Å². The highest BCUT2D eigenvalue weighted by Crippen LogP contribution is 2.28. The van der Waals surface area contributed by atoms with E-state index in [0.717, 1.165) is 47.1 Å². The predicted molar refractivity (Wildman–Crippen MR) is 136 cm³/mol. The Hall–Kier alpha value is -3.43. The Bertz CT molecular complexity index is 1360. The van der Waals surface area contributed by atoms with Gasteiger partial charge < -0.3 is 14.8 Å². The molecule has 4 rings (SSSR count). The SMILES string of the molecule is CN(C)S(=O)(=O)c1ccc(N2CCCC2)c(C(=O)NCc2ccc(Cn3ccccc3=O)cc2)c1. The minimum Gasteiger partial charge on any atom is -0.371 e. The molecule has 0 saturated carbocycles. The van der Waals surface area contributed by atoms with Crippen molar-refractivity contribution >= 4 is 21.6 Å². The smallest absolute Gasteiger partial charge is 0.253 e. The predicted octanol–water partition coefficient (Wildman–Crippen LogP) is 2.68. The molecule has 2 aromatic carbocycles. The number of nitrogens with zero attached hydrogens (tertiary/aromatic N) is 3. The summed E-state index contributed by atoms with van der Waals surface area (Å²) in [6, 6.07) is 17.5. The van der Waals surface area contributed by atoms with Gasteiger partial charge in [0, 0.05) is 51.7 Å². The molecule has 184 valence electrons. The Kier molecular flexibility index (Phi) is 7.37. The fourth-order valence-electron chi connectivity index (χ4n) is 4.13. The molecule has 8 nitrogen and oxygen atoms in total. The summed E-state index contributed by atoms with van der Waals surface area (Å²) in [5.74, 6) is -0.317. The molecule has 1 amide bonds. The first-order chi connectivity index (χ1) is 16.8. The summed E-state index contributed by atoms with van der Waals surface area (Å²) in [6.07, 6.45) is 3.83. The van der Waals surface area contributed by atoms with Crippen LogP contribution in [0.4, 0.5) is 5.69 Å². The first-order valence-corrected chi connectivity index (χ1v) is 13.0. The van der Waals surface area contributed by atoms with Crippen molar-refractivity contribution < 1.29 is 13.2 Å². The molecular weight excluding hydrogens is 464 g/mol. The molecule has 1 aromatic heterocycles. The highest BCUT2D eigenvalue weighted by atomic mass is 32.2. The van der Waals surface area contributed by atoms with Crippen molar-refractivity contribution in [3.63, 3.8) is 0 Å². The molecule has 0 unspecified atom stereocenters. The maximum Gasteiger partial charge on any atom is 0.253 e. The van der Waals surface area contributed by atoms with Crippen LogP contribution in [-0.2, 0) is 23.1 Å². The summed E-state index contributed by atoms with van der Waals surface area (Å²) >= 11 is 0.